The van der Waals surface area contributed by atoms with Crippen molar-refractivity contribution in [2.24, 2.45) is 0 Å². The second-order valence-corrected chi connectivity index (χ2v) is 9.66. The van der Waals surface area contributed by atoms with Gasteiger partial charge in [0, 0.05) is 29.7 Å². The highest BCUT2D eigenvalue weighted by atomic mass is 35.5. The molecule has 0 amide bonds. The van der Waals surface area contributed by atoms with E-state index in [1.165, 1.54) is 18.5 Å². The molecular formula is C29H24ClFN4O3. The van der Waals surface area contributed by atoms with E-state index >= 15 is 0 Å². The van der Waals surface area contributed by atoms with Gasteiger partial charge in [0.2, 0.25) is 0 Å². The van der Waals surface area contributed by atoms with Gasteiger partial charge in [0.15, 0.2) is 0 Å². The van der Waals surface area contributed by atoms with Crippen LogP contribution in [0.2, 0.25) is 5.02 Å². The molecule has 1 aliphatic rings. The molecule has 0 spiro atoms. The van der Waals surface area contributed by atoms with Gasteiger partial charge in [-0.2, -0.15) is 0 Å². The Morgan fingerprint density at radius 2 is 1.95 bits per heavy atom. The van der Waals surface area contributed by atoms with E-state index in [1.54, 1.807) is 24.3 Å². The third-order valence-electron chi connectivity index (χ3n) is 6.38. The van der Waals surface area contributed by atoms with Crippen LogP contribution < -0.4 is 10.1 Å². The van der Waals surface area contributed by atoms with Crippen LogP contribution in [-0.4, -0.2) is 39.2 Å². The minimum absolute atomic E-state index is 0.206. The summed E-state index contributed by atoms with van der Waals surface area (Å²) in [7, 11) is 0. The van der Waals surface area contributed by atoms with E-state index in [0.29, 0.717) is 36.2 Å². The molecule has 3 aromatic carbocycles. The first-order valence-corrected chi connectivity index (χ1v) is 12.6. The van der Waals surface area contributed by atoms with E-state index in [2.05, 4.69) is 20.2 Å². The quantitative estimate of drug-likeness (QED) is 0.248. The first kappa shape index (κ1) is 24.4. The van der Waals surface area contributed by atoms with E-state index < -0.39 is 0 Å². The molecule has 0 unspecified atom stereocenters. The number of nitrogens with zero attached hydrogens (tertiary/aromatic N) is 3. The molecule has 0 radical (unpaired) electrons. The van der Waals surface area contributed by atoms with Crippen LogP contribution in [-0.2, 0) is 13.2 Å². The molecule has 1 aliphatic heterocycles. The average molecular weight is 531 g/mol. The van der Waals surface area contributed by atoms with Gasteiger partial charge < -0.3 is 19.6 Å². The number of furan rings is 1. The molecule has 38 heavy (non-hydrogen) atoms. The molecule has 0 bridgehead atoms. The second kappa shape index (κ2) is 10.4. The summed E-state index contributed by atoms with van der Waals surface area (Å²) in [6, 6.07) is 21.4. The van der Waals surface area contributed by atoms with Gasteiger partial charge in [0.25, 0.3) is 0 Å². The highest BCUT2D eigenvalue weighted by Crippen LogP contribution is 2.33. The van der Waals surface area contributed by atoms with E-state index in [9.17, 15) is 9.50 Å². The molecule has 2 aromatic heterocycles. The Morgan fingerprint density at radius 3 is 2.76 bits per heavy atom. The minimum Gasteiger partial charge on any atom is -0.487 e. The van der Waals surface area contributed by atoms with Crippen LogP contribution in [0.15, 0.2) is 83.5 Å². The fourth-order valence-electron chi connectivity index (χ4n) is 4.44. The van der Waals surface area contributed by atoms with Crippen molar-refractivity contribution < 1.29 is 18.7 Å². The van der Waals surface area contributed by atoms with Gasteiger partial charge in [-0.05, 0) is 66.2 Å². The standard InChI is InChI=1S/C29H24ClFN4O3/c30-25-12-21(5-8-28(25)37-16-18-2-1-3-20(31)10-18)34-29-24-11-19(4-7-26(24)32-17-33-29)27-9-6-23(38-27)15-35-13-22(36)14-35/h1-12,17,22,36H,13-16H2,(H,32,33,34). The second-order valence-electron chi connectivity index (χ2n) is 9.26. The van der Waals surface area contributed by atoms with Gasteiger partial charge in [0.1, 0.15) is 41.8 Å². The molecule has 0 atom stereocenters. The van der Waals surface area contributed by atoms with E-state index in [4.69, 9.17) is 20.8 Å². The Bertz CT molecular complexity index is 1600. The Balaban J connectivity index is 1.19. The van der Waals surface area contributed by atoms with Crippen molar-refractivity contribution in [2.45, 2.75) is 19.3 Å². The molecule has 192 valence electrons. The molecule has 1 saturated heterocycles. The lowest BCUT2D eigenvalue weighted by Gasteiger charge is -2.34. The number of anilines is 2. The largest absolute Gasteiger partial charge is 0.487 e. The number of β-amino-alcohol motifs (C(OH)–C–C–N with tert-alkyl or cyclic N) is 1. The number of ether oxygens (including phenoxy) is 1. The number of halogens is 2. The molecule has 9 heteroatoms. The number of benzene rings is 3. The van der Waals surface area contributed by atoms with Crippen molar-refractivity contribution in [1.82, 2.24) is 14.9 Å². The Morgan fingerprint density at radius 1 is 1.05 bits per heavy atom. The summed E-state index contributed by atoms with van der Waals surface area (Å²) in [6.45, 7) is 2.21. The number of rotatable bonds is 8. The number of likely N-dealkylation sites (tertiary alicyclic amines) is 1. The van der Waals surface area contributed by atoms with Crippen LogP contribution in [0.25, 0.3) is 22.2 Å². The monoisotopic (exact) mass is 530 g/mol. The summed E-state index contributed by atoms with van der Waals surface area (Å²) < 4.78 is 25.3. The lowest BCUT2D eigenvalue weighted by atomic mass is 10.1. The average Bonchev–Trinajstić information content (AvgIpc) is 3.36. The topological polar surface area (TPSA) is 83.7 Å². The zero-order valence-corrected chi connectivity index (χ0v) is 21.0. The van der Waals surface area contributed by atoms with Crippen LogP contribution in [0, 0.1) is 5.82 Å². The van der Waals surface area contributed by atoms with Crippen molar-refractivity contribution in [3.8, 4) is 17.1 Å². The molecule has 5 aromatic rings. The molecule has 6 rings (SSSR count). The first-order chi connectivity index (χ1) is 18.5. The normalized spacial score (nSPS) is 14.0. The molecule has 1 fully saturated rings. The zero-order valence-electron chi connectivity index (χ0n) is 20.3. The SMILES string of the molecule is OC1CN(Cc2ccc(-c3ccc4ncnc(Nc5ccc(OCc6cccc(F)c6)c(Cl)c5)c4c3)o2)C1. The molecule has 7 nitrogen and oxygen atoms in total. The van der Waals surface area contributed by atoms with E-state index in [0.717, 1.165) is 39.2 Å². The van der Waals surface area contributed by atoms with Crippen molar-refractivity contribution in [3.63, 3.8) is 0 Å². The predicted octanol–water partition coefficient (Wildman–Crippen LogP) is 6.18. The third-order valence-corrected chi connectivity index (χ3v) is 6.67. The number of hydrogen-bond donors (Lipinski definition) is 2. The van der Waals surface area contributed by atoms with Gasteiger partial charge in [0.05, 0.1) is 23.2 Å². The van der Waals surface area contributed by atoms with Gasteiger partial charge in [-0.1, -0.05) is 23.7 Å². The Hall–Kier alpha value is -3.98. The van der Waals surface area contributed by atoms with Gasteiger partial charge >= 0.3 is 0 Å². The number of nitrogens with one attached hydrogen (secondary N) is 1. The van der Waals surface area contributed by atoms with Crippen molar-refractivity contribution in [3.05, 3.63) is 101 Å². The molecule has 0 saturated carbocycles. The third kappa shape index (κ3) is 5.33. The lowest BCUT2D eigenvalue weighted by molar-refractivity contribution is -0.00617. The number of aromatic nitrogens is 2. The number of aliphatic hydroxyl groups excluding tert-OH is 1. The van der Waals surface area contributed by atoms with Gasteiger partial charge in [-0.25, -0.2) is 14.4 Å². The van der Waals surface area contributed by atoms with E-state index in [1.807, 2.05) is 36.4 Å². The summed E-state index contributed by atoms with van der Waals surface area (Å²) in [5.74, 6) is 2.42. The van der Waals surface area contributed by atoms with E-state index in [-0.39, 0.29) is 18.5 Å². The number of fused-ring (bicyclic) bond motifs is 1. The van der Waals surface area contributed by atoms with Gasteiger partial charge in [-0.15, -0.1) is 0 Å². The zero-order chi connectivity index (χ0) is 26.1. The minimum atomic E-state index is -0.308. The maximum Gasteiger partial charge on any atom is 0.141 e. The summed E-state index contributed by atoms with van der Waals surface area (Å²) in [5.41, 5.74) is 3.14. The van der Waals surface area contributed by atoms with Crippen LogP contribution in [0.3, 0.4) is 0 Å². The number of aliphatic hydroxyl groups is 1. The Labute approximate surface area is 223 Å². The molecule has 2 N–H and O–H groups in total. The maximum absolute atomic E-state index is 13.4. The fraction of sp³-hybridized carbons (Fsp3) is 0.172. The van der Waals surface area contributed by atoms with Crippen LogP contribution in [0.5, 0.6) is 5.75 Å². The Kier molecular flexibility index (Phi) is 6.68. The lowest BCUT2D eigenvalue weighted by Crippen LogP contribution is -2.49. The fourth-order valence-corrected chi connectivity index (χ4v) is 4.67. The summed E-state index contributed by atoms with van der Waals surface area (Å²) in [5, 5.41) is 14.1. The predicted molar refractivity (Wildman–Crippen MR) is 144 cm³/mol. The van der Waals surface area contributed by atoms with Gasteiger partial charge in [-0.3, -0.25) is 4.90 Å². The summed E-state index contributed by atoms with van der Waals surface area (Å²) >= 11 is 6.48. The molecule has 3 heterocycles. The summed E-state index contributed by atoms with van der Waals surface area (Å²) in [4.78, 5) is 11.0. The first-order valence-electron chi connectivity index (χ1n) is 12.2. The highest BCUT2D eigenvalue weighted by molar-refractivity contribution is 6.32. The molecule has 0 aliphatic carbocycles. The number of hydrogen-bond acceptors (Lipinski definition) is 7. The summed E-state index contributed by atoms with van der Waals surface area (Å²) in [6.07, 6.45) is 1.27. The maximum atomic E-state index is 13.4. The van der Waals surface area contributed by atoms with Crippen molar-refractivity contribution in [2.75, 3.05) is 18.4 Å². The van der Waals surface area contributed by atoms with Crippen molar-refractivity contribution >= 4 is 34.0 Å². The molecular weight excluding hydrogens is 507 g/mol. The van der Waals surface area contributed by atoms with Crippen LogP contribution >= 0.6 is 11.6 Å². The van der Waals surface area contributed by atoms with Crippen LogP contribution in [0.4, 0.5) is 15.9 Å². The smallest absolute Gasteiger partial charge is 0.141 e. The highest BCUT2D eigenvalue weighted by Gasteiger charge is 2.25. The van der Waals surface area contributed by atoms with Crippen LogP contribution in [0.1, 0.15) is 11.3 Å². The van der Waals surface area contributed by atoms with Crippen molar-refractivity contribution in [1.29, 1.82) is 0 Å².